The van der Waals surface area contributed by atoms with Crippen molar-refractivity contribution in [3.63, 3.8) is 0 Å². The van der Waals surface area contributed by atoms with Gasteiger partial charge in [0.25, 0.3) is 12.4 Å². The van der Waals surface area contributed by atoms with Gasteiger partial charge in [0.15, 0.2) is 0 Å². The van der Waals surface area contributed by atoms with Gasteiger partial charge in [0.05, 0.1) is 0 Å². The largest absolute Gasteiger partial charge is 0.483 e. The average molecular weight is 344 g/mol. The standard InChI is InChI=1S/C18H22N2O2.CH2O2/c1-3-16(21)20(15-8-6-14(2)7-9-15)18(10-11-18)17(22)19-12-4-5-13-19;2-1-3/h3,6-9H,1,4-5,10-13H2,2H3;1H,(H,2,3). The molecule has 134 valence electrons. The van der Waals surface area contributed by atoms with Gasteiger partial charge < -0.3 is 10.0 Å². The summed E-state index contributed by atoms with van der Waals surface area (Å²) in [7, 11) is 0. The van der Waals surface area contributed by atoms with E-state index in [0.717, 1.165) is 50.0 Å². The van der Waals surface area contributed by atoms with E-state index in [1.54, 1.807) is 4.90 Å². The number of rotatable bonds is 4. The number of nitrogens with zero attached hydrogens (tertiary/aromatic N) is 2. The van der Waals surface area contributed by atoms with Crippen LogP contribution in [-0.2, 0) is 14.4 Å². The van der Waals surface area contributed by atoms with Crippen LogP contribution in [-0.4, -0.2) is 46.9 Å². The van der Waals surface area contributed by atoms with Gasteiger partial charge in [-0.2, -0.15) is 0 Å². The predicted octanol–water partition coefficient (Wildman–Crippen LogP) is 2.37. The van der Waals surface area contributed by atoms with E-state index in [-0.39, 0.29) is 18.3 Å². The maximum absolute atomic E-state index is 12.9. The van der Waals surface area contributed by atoms with E-state index in [9.17, 15) is 9.59 Å². The Balaban J connectivity index is 0.000000701. The summed E-state index contributed by atoms with van der Waals surface area (Å²) in [6.45, 7) is 6.98. The van der Waals surface area contributed by atoms with Gasteiger partial charge in [-0.05, 0) is 50.8 Å². The van der Waals surface area contributed by atoms with Crippen LogP contribution in [0.25, 0.3) is 0 Å². The molecule has 1 aliphatic heterocycles. The number of hydrogen-bond acceptors (Lipinski definition) is 3. The molecule has 3 rings (SSSR count). The van der Waals surface area contributed by atoms with Gasteiger partial charge in [-0.15, -0.1) is 0 Å². The van der Waals surface area contributed by atoms with Crippen LogP contribution in [0, 0.1) is 6.92 Å². The van der Waals surface area contributed by atoms with Crippen LogP contribution >= 0.6 is 0 Å². The summed E-state index contributed by atoms with van der Waals surface area (Å²) in [5.41, 5.74) is 1.22. The molecule has 0 spiro atoms. The Labute approximate surface area is 147 Å². The predicted molar refractivity (Wildman–Crippen MR) is 95.3 cm³/mol. The lowest BCUT2D eigenvalue weighted by molar-refractivity contribution is -0.134. The second-order valence-corrected chi connectivity index (χ2v) is 6.35. The minimum Gasteiger partial charge on any atom is -0.483 e. The normalized spacial score (nSPS) is 17.1. The molecule has 0 radical (unpaired) electrons. The molecule has 1 heterocycles. The third kappa shape index (κ3) is 3.90. The Morgan fingerprint density at radius 2 is 1.72 bits per heavy atom. The van der Waals surface area contributed by atoms with Crippen LogP contribution < -0.4 is 4.90 Å². The number of anilines is 1. The first kappa shape index (κ1) is 18.7. The van der Waals surface area contributed by atoms with Gasteiger partial charge >= 0.3 is 0 Å². The summed E-state index contributed by atoms with van der Waals surface area (Å²) in [6, 6.07) is 7.76. The number of carbonyl (C=O) groups is 3. The monoisotopic (exact) mass is 344 g/mol. The fourth-order valence-corrected chi connectivity index (χ4v) is 3.24. The molecule has 0 atom stereocenters. The molecule has 0 aromatic heterocycles. The highest BCUT2D eigenvalue weighted by Crippen LogP contribution is 2.46. The maximum Gasteiger partial charge on any atom is 0.290 e. The summed E-state index contributed by atoms with van der Waals surface area (Å²) < 4.78 is 0. The molecule has 1 saturated carbocycles. The van der Waals surface area contributed by atoms with Crippen LogP contribution in [0.3, 0.4) is 0 Å². The van der Waals surface area contributed by atoms with Crippen molar-refractivity contribution in [2.45, 2.75) is 38.1 Å². The Morgan fingerprint density at radius 3 is 2.16 bits per heavy atom. The first-order valence-corrected chi connectivity index (χ1v) is 8.40. The van der Waals surface area contributed by atoms with Crippen molar-refractivity contribution in [3.8, 4) is 0 Å². The second kappa shape index (κ2) is 7.96. The summed E-state index contributed by atoms with van der Waals surface area (Å²) >= 11 is 0. The van der Waals surface area contributed by atoms with E-state index < -0.39 is 5.54 Å². The zero-order chi connectivity index (χ0) is 18.4. The quantitative estimate of drug-likeness (QED) is 0.672. The van der Waals surface area contributed by atoms with Gasteiger partial charge in [0.2, 0.25) is 5.91 Å². The molecular weight excluding hydrogens is 320 g/mol. The number of carbonyl (C=O) groups excluding carboxylic acids is 2. The number of hydrogen-bond donors (Lipinski definition) is 1. The molecule has 6 nitrogen and oxygen atoms in total. The molecule has 2 amide bonds. The third-order valence-electron chi connectivity index (χ3n) is 4.63. The summed E-state index contributed by atoms with van der Waals surface area (Å²) in [5.74, 6) is -0.102. The van der Waals surface area contributed by atoms with Gasteiger partial charge in [-0.25, -0.2) is 0 Å². The highest BCUT2D eigenvalue weighted by molar-refractivity contribution is 6.09. The minimum atomic E-state index is -0.690. The van der Waals surface area contributed by atoms with Crippen LogP contribution in [0.2, 0.25) is 0 Å². The van der Waals surface area contributed by atoms with Crippen molar-refractivity contribution in [3.05, 3.63) is 42.5 Å². The van der Waals surface area contributed by atoms with E-state index in [0.29, 0.717) is 0 Å². The molecule has 1 aromatic carbocycles. The van der Waals surface area contributed by atoms with E-state index in [1.165, 1.54) is 6.08 Å². The van der Waals surface area contributed by atoms with E-state index >= 15 is 0 Å². The molecule has 1 aliphatic carbocycles. The SMILES string of the molecule is C=CC(=O)N(c1ccc(C)cc1)C1(C(=O)N2CCCC2)CC1.O=CO. The highest BCUT2D eigenvalue weighted by Gasteiger charge is 2.58. The van der Waals surface area contributed by atoms with Crippen molar-refractivity contribution in [1.29, 1.82) is 0 Å². The van der Waals surface area contributed by atoms with E-state index in [4.69, 9.17) is 9.90 Å². The topological polar surface area (TPSA) is 77.9 Å². The number of carboxylic acid groups (broad SMARTS) is 1. The number of likely N-dealkylation sites (tertiary alicyclic amines) is 1. The van der Waals surface area contributed by atoms with E-state index in [2.05, 4.69) is 6.58 Å². The molecule has 1 aromatic rings. The zero-order valence-corrected chi connectivity index (χ0v) is 14.5. The van der Waals surface area contributed by atoms with Gasteiger partial charge in [-0.1, -0.05) is 24.3 Å². The zero-order valence-electron chi connectivity index (χ0n) is 14.5. The molecule has 2 aliphatic rings. The van der Waals surface area contributed by atoms with Crippen molar-refractivity contribution < 1.29 is 19.5 Å². The molecule has 0 unspecified atom stereocenters. The Kier molecular flexibility index (Phi) is 5.96. The molecule has 0 bridgehead atoms. The van der Waals surface area contributed by atoms with Crippen molar-refractivity contribution in [1.82, 2.24) is 4.90 Å². The van der Waals surface area contributed by atoms with Crippen LogP contribution in [0.4, 0.5) is 5.69 Å². The molecule has 6 heteroatoms. The van der Waals surface area contributed by atoms with Crippen molar-refractivity contribution >= 4 is 24.0 Å². The summed E-state index contributed by atoms with van der Waals surface area (Å²) in [5, 5.41) is 6.89. The van der Waals surface area contributed by atoms with Crippen LogP contribution in [0.1, 0.15) is 31.2 Å². The Morgan fingerprint density at radius 1 is 1.20 bits per heavy atom. The lowest BCUT2D eigenvalue weighted by Crippen LogP contribution is -2.52. The second-order valence-electron chi connectivity index (χ2n) is 6.35. The lowest BCUT2D eigenvalue weighted by atomic mass is 10.1. The molecule has 1 N–H and O–H groups in total. The lowest BCUT2D eigenvalue weighted by Gasteiger charge is -2.33. The minimum absolute atomic E-state index is 0.0979. The summed E-state index contributed by atoms with van der Waals surface area (Å²) in [4.78, 5) is 37.3. The Bertz CT molecular complexity index is 644. The molecule has 25 heavy (non-hydrogen) atoms. The third-order valence-corrected chi connectivity index (χ3v) is 4.63. The number of aryl methyl sites for hydroxylation is 1. The summed E-state index contributed by atoms with van der Waals surface area (Å²) in [6.07, 6.45) is 4.88. The van der Waals surface area contributed by atoms with Gasteiger partial charge in [0, 0.05) is 18.8 Å². The van der Waals surface area contributed by atoms with E-state index in [1.807, 2.05) is 36.1 Å². The average Bonchev–Trinajstić information content (AvgIpc) is 3.20. The molecule has 1 saturated heterocycles. The van der Waals surface area contributed by atoms with Gasteiger partial charge in [-0.3, -0.25) is 19.3 Å². The van der Waals surface area contributed by atoms with Crippen LogP contribution in [0.15, 0.2) is 36.9 Å². The van der Waals surface area contributed by atoms with Gasteiger partial charge in [0.1, 0.15) is 5.54 Å². The first-order valence-electron chi connectivity index (χ1n) is 8.40. The smallest absolute Gasteiger partial charge is 0.290 e. The van der Waals surface area contributed by atoms with Crippen LogP contribution in [0.5, 0.6) is 0 Å². The molecular formula is C19H24N2O4. The number of benzene rings is 1. The molecule has 2 fully saturated rings. The maximum atomic E-state index is 12.9. The fraction of sp³-hybridized carbons (Fsp3) is 0.421. The first-order chi connectivity index (χ1) is 12.0. The van der Waals surface area contributed by atoms with Crippen molar-refractivity contribution in [2.24, 2.45) is 0 Å². The van der Waals surface area contributed by atoms with Crippen molar-refractivity contribution in [2.75, 3.05) is 18.0 Å². The Hall–Kier alpha value is -2.63. The highest BCUT2D eigenvalue weighted by atomic mass is 16.3. The fourth-order valence-electron chi connectivity index (χ4n) is 3.24. The number of amides is 2.